The first-order valence-corrected chi connectivity index (χ1v) is 9.28. The van der Waals surface area contributed by atoms with Crippen LogP contribution in [0.5, 0.6) is 0 Å². The third-order valence-corrected chi connectivity index (χ3v) is 6.01. The van der Waals surface area contributed by atoms with Crippen LogP contribution in [-0.2, 0) is 12.0 Å². The van der Waals surface area contributed by atoms with E-state index in [-0.39, 0.29) is 11.4 Å². The lowest BCUT2D eigenvalue weighted by Crippen LogP contribution is -2.49. The predicted molar refractivity (Wildman–Crippen MR) is 95.9 cm³/mol. The number of hydrogen-bond donors (Lipinski definition) is 2. The van der Waals surface area contributed by atoms with Crippen molar-refractivity contribution < 1.29 is 9.90 Å². The number of piperidine rings is 1. The fraction of sp³-hybridized carbons (Fsp3) is 0.650. The molecular formula is C20H30N2O2. The van der Waals surface area contributed by atoms with Gasteiger partial charge in [-0.25, -0.2) is 4.79 Å². The van der Waals surface area contributed by atoms with Crippen molar-refractivity contribution in [3.05, 3.63) is 35.4 Å². The number of rotatable bonds is 3. The Labute approximate surface area is 145 Å². The van der Waals surface area contributed by atoms with Crippen LogP contribution in [0.15, 0.2) is 24.3 Å². The van der Waals surface area contributed by atoms with Gasteiger partial charge in [0.05, 0.1) is 5.60 Å². The van der Waals surface area contributed by atoms with E-state index >= 15 is 0 Å². The molecule has 132 valence electrons. The zero-order valence-corrected chi connectivity index (χ0v) is 15.0. The first-order chi connectivity index (χ1) is 11.4. The summed E-state index contributed by atoms with van der Waals surface area (Å²) >= 11 is 0. The molecule has 1 heterocycles. The van der Waals surface area contributed by atoms with Crippen molar-refractivity contribution in [1.29, 1.82) is 0 Å². The number of likely N-dealkylation sites (tertiary alicyclic amines) is 1. The summed E-state index contributed by atoms with van der Waals surface area (Å²) in [4.78, 5) is 14.2. The van der Waals surface area contributed by atoms with Crippen LogP contribution in [0.2, 0.25) is 0 Å². The number of benzene rings is 1. The zero-order valence-electron chi connectivity index (χ0n) is 15.0. The van der Waals surface area contributed by atoms with E-state index in [0.717, 1.165) is 44.3 Å². The lowest BCUT2D eigenvalue weighted by Gasteiger charge is -2.48. The highest BCUT2D eigenvalue weighted by Crippen LogP contribution is 2.49. The molecule has 1 saturated heterocycles. The molecule has 4 heteroatoms. The Morgan fingerprint density at radius 1 is 1.21 bits per heavy atom. The van der Waals surface area contributed by atoms with E-state index in [9.17, 15) is 9.90 Å². The molecular weight excluding hydrogens is 300 g/mol. The monoisotopic (exact) mass is 330 g/mol. The number of aryl methyl sites for hydroxylation is 1. The van der Waals surface area contributed by atoms with E-state index in [1.54, 1.807) is 0 Å². The lowest BCUT2D eigenvalue weighted by atomic mass is 9.61. The van der Waals surface area contributed by atoms with Crippen molar-refractivity contribution in [2.24, 2.45) is 5.41 Å². The van der Waals surface area contributed by atoms with Crippen molar-refractivity contribution in [3.8, 4) is 0 Å². The molecule has 2 aliphatic rings. The summed E-state index contributed by atoms with van der Waals surface area (Å²) < 4.78 is 0. The normalized spacial score (nSPS) is 25.9. The van der Waals surface area contributed by atoms with E-state index in [1.807, 2.05) is 23.1 Å². The molecule has 1 aromatic rings. The van der Waals surface area contributed by atoms with Crippen LogP contribution in [0.4, 0.5) is 4.79 Å². The molecule has 2 N–H and O–H groups in total. The maximum absolute atomic E-state index is 12.3. The molecule has 1 unspecified atom stereocenters. The second kappa shape index (κ2) is 6.75. The minimum Gasteiger partial charge on any atom is -0.385 e. The Bertz CT molecular complexity index is 593. The Morgan fingerprint density at radius 3 is 2.67 bits per heavy atom. The van der Waals surface area contributed by atoms with E-state index < -0.39 is 5.60 Å². The third-order valence-electron chi connectivity index (χ3n) is 6.01. The van der Waals surface area contributed by atoms with Gasteiger partial charge in [-0.2, -0.15) is 0 Å². The molecule has 2 amide bonds. The topological polar surface area (TPSA) is 52.6 Å². The van der Waals surface area contributed by atoms with Crippen LogP contribution in [-0.4, -0.2) is 35.7 Å². The maximum Gasteiger partial charge on any atom is 0.317 e. The van der Waals surface area contributed by atoms with Gasteiger partial charge in [0.15, 0.2) is 0 Å². The van der Waals surface area contributed by atoms with Gasteiger partial charge in [0.2, 0.25) is 0 Å². The Kier molecular flexibility index (Phi) is 4.86. The molecule has 1 aromatic carbocycles. The highest BCUT2D eigenvalue weighted by atomic mass is 16.3. The first-order valence-electron chi connectivity index (χ1n) is 9.28. The van der Waals surface area contributed by atoms with E-state index in [4.69, 9.17) is 0 Å². The smallest absolute Gasteiger partial charge is 0.317 e. The lowest BCUT2D eigenvalue weighted by molar-refractivity contribution is -0.0910. The standard InChI is InChI=1S/C20H30N2O2/c1-19(2)11-10-16-8-4-5-9-17(16)20(19,24)12-13-21-18(23)22-14-6-3-7-15-22/h4-5,8-9,24H,3,6-7,10-15H2,1-2H3,(H,21,23). The van der Waals surface area contributed by atoms with Crippen LogP contribution in [0, 0.1) is 5.41 Å². The Hall–Kier alpha value is -1.55. The van der Waals surface area contributed by atoms with E-state index in [0.29, 0.717) is 13.0 Å². The van der Waals surface area contributed by atoms with Gasteiger partial charge in [0.25, 0.3) is 0 Å². The van der Waals surface area contributed by atoms with Crippen LogP contribution in [0.25, 0.3) is 0 Å². The first kappa shape index (κ1) is 17.3. The van der Waals surface area contributed by atoms with Crippen molar-refractivity contribution in [3.63, 3.8) is 0 Å². The van der Waals surface area contributed by atoms with Gasteiger partial charge in [-0.05, 0) is 55.1 Å². The second-order valence-electron chi connectivity index (χ2n) is 7.93. The summed E-state index contributed by atoms with van der Waals surface area (Å²) in [7, 11) is 0. The molecule has 0 spiro atoms. The summed E-state index contributed by atoms with van der Waals surface area (Å²) in [6.07, 6.45) is 5.92. The van der Waals surface area contributed by atoms with E-state index in [2.05, 4.69) is 25.2 Å². The minimum atomic E-state index is -0.892. The molecule has 3 rings (SSSR count). The highest BCUT2D eigenvalue weighted by Gasteiger charge is 2.47. The van der Waals surface area contributed by atoms with Gasteiger partial charge in [-0.3, -0.25) is 0 Å². The molecule has 4 nitrogen and oxygen atoms in total. The van der Waals surface area contributed by atoms with Crippen LogP contribution in [0.1, 0.15) is 57.1 Å². The summed E-state index contributed by atoms with van der Waals surface area (Å²) in [5.74, 6) is 0. The summed E-state index contributed by atoms with van der Waals surface area (Å²) in [5, 5.41) is 14.5. The number of nitrogens with zero attached hydrogens (tertiary/aromatic N) is 1. The van der Waals surface area contributed by atoms with E-state index in [1.165, 1.54) is 12.0 Å². The Balaban J connectivity index is 1.67. The quantitative estimate of drug-likeness (QED) is 0.892. The van der Waals surface area contributed by atoms with Crippen LogP contribution < -0.4 is 5.32 Å². The summed E-state index contributed by atoms with van der Waals surface area (Å²) in [6.45, 7) is 6.48. The SMILES string of the molecule is CC1(C)CCc2ccccc2C1(O)CCNC(=O)N1CCCCC1. The second-order valence-corrected chi connectivity index (χ2v) is 7.93. The number of aliphatic hydroxyl groups is 1. The summed E-state index contributed by atoms with van der Waals surface area (Å²) in [6, 6.07) is 8.21. The number of carbonyl (C=O) groups excluding carboxylic acids is 1. The maximum atomic E-state index is 12.3. The van der Waals surface area contributed by atoms with Gasteiger partial charge >= 0.3 is 6.03 Å². The van der Waals surface area contributed by atoms with Gasteiger partial charge in [-0.1, -0.05) is 38.1 Å². The highest BCUT2D eigenvalue weighted by molar-refractivity contribution is 5.74. The van der Waals surface area contributed by atoms with Crippen molar-refractivity contribution in [2.45, 2.75) is 58.0 Å². The van der Waals surface area contributed by atoms with Crippen LogP contribution >= 0.6 is 0 Å². The number of carbonyl (C=O) groups is 1. The molecule has 0 saturated carbocycles. The largest absolute Gasteiger partial charge is 0.385 e. The van der Waals surface area contributed by atoms with Gasteiger partial charge in [0.1, 0.15) is 0 Å². The average molecular weight is 330 g/mol. The van der Waals surface area contributed by atoms with Crippen molar-refractivity contribution >= 4 is 6.03 Å². The number of nitrogens with one attached hydrogen (secondary N) is 1. The molecule has 0 radical (unpaired) electrons. The van der Waals surface area contributed by atoms with Gasteiger partial charge in [-0.15, -0.1) is 0 Å². The molecule has 1 aliphatic carbocycles. The number of urea groups is 1. The number of amides is 2. The molecule has 1 fully saturated rings. The number of fused-ring (bicyclic) bond motifs is 1. The predicted octanol–water partition coefficient (Wildman–Crippen LogP) is 3.43. The molecule has 0 aromatic heterocycles. The van der Waals surface area contributed by atoms with Crippen LogP contribution in [0.3, 0.4) is 0 Å². The van der Waals surface area contributed by atoms with Gasteiger partial charge in [0, 0.05) is 19.6 Å². The fourth-order valence-corrected chi connectivity index (χ4v) is 4.19. The summed E-state index contributed by atoms with van der Waals surface area (Å²) in [5.41, 5.74) is 1.18. The zero-order chi connectivity index (χ0) is 17.2. The minimum absolute atomic E-state index is 0.0141. The van der Waals surface area contributed by atoms with Gasteiger partial charge < -0.3 is 15.3 Å². The van der Waals surface area contributed by atoms with Crippen molar-refractivity contribution in [1.82, 2.24) is 10.2 Å². The molecule has 1 atom stereocenters. The molecule has 24 heavy (non-hydrogen) atoms. The van der Waals surface area contributed by atoms with Crippen molar-refractivity contribution in [2.75, 3.05) is 19.6 Å². The Morgan fingerprint density at radius 2 is 1.92 bits per heavy atom. The average Bonchev–Trinajstić information content (AvgIpc) is 2.60. The fourth-order valence-electron chi connectivity index (χ4n) is 4.19. The third kappa shape index (κ3) is 3.16. The number of hydrogen-bond acceptors (Lipinski definition) is 2. The molecule has 1 aliphatic heterocycles. The molecule has 0 bridgehead atoms.